The highest BCUT2D eigenvalue weighted by atomic mass is 15.1. The maximum absolute atomic E-state index is 5.60. The van der Waals surface area contributed by atoms with Crippen LogP contribution in [-0.4, -0.2) is 31.1 Å². The third-order valence-corrected chi connectivity index (χ3v) is 3.00. The fourth-order valence-corrected chi connectivity index (χ4v) is 2.01. The van der Waals surface area contributed by atoms with Gasteiger partial charge in [-0.3, -0.25) is 4.90 Å². The molecule has 0 radical (unpaired) electrons. The molecule has 0 saturated heterocycles. The van der Waals surface area contributed by atoms with Crippen LogP contribution in [0.15, 0.2) is 0 Å². The third kappa shape index (κ3) is 7.73. The van der Waals surface area contributed by atoms with Crippen molar-refractivity contribution in [1.29, 1.82) is 0 Å². The standard InChI is InChI=1S/C14H28N2/c1-5-11-16(12-6-2)13-7-8-14(3,4)9-10-15/h1H,6-13,15H2,2-4H3. The summed E-state index contributed by atoms with van der Waals surface area (Å²) in [5.41, 5.74) is 5.98. The zero-order chi connectivity index (χ0) is 12.4. The minimum Gasteiger partial charge on any atom is -0.330 e. The summed E-state index contributed by atoms with van der Waals surface area (Å²) < 4.78 is 0. The van der Waals surface area contributed by atoms with Crippen molar-refractivity contribution in [2.24, 2.45) is 11.1 Å². The zero-order valence-corrected chi connectivity index (χ0v) is 11.3. The van der Waals surface area contributed by atoms with Crippen LogP contribution >= 0.6 is 0 Å². The van der Waals surface area contributed by atoms with Crippen molar-refractivity contribution < 1.29 is 0 Å². The van der Waals surface area contributed by atoms with Gasteiger partial charge in [-0.1, -0.05) is 26.7 Å². The monoisotopic (exact) mass is 224 g/mol. The topological polar surface area (TPSA) is 29.3 Å². The molecule has 2 N–H and O–H groups in total. The van der Waals surface area contributed by atoms with E-state index in [1.807, 2.05) is 0 Å². The van der Waals surface area contributed by atoms with Crippen molar-refractivity contribution in [2.75, 3.05) is 26.2 Å². The molecular formula is C14H28N2. The van der Waals surface area contributed by atoms with Crippen LogP contribution in [0.2, 0.25) is 0 Å². The molecule has 0 amide bonds. The minimum atomic E-state index is 0.378. The Morgan fingerprint density at radius 3 is 2.44 bits per heavy atom. The highest BCUT2D eigenvalue weighted by molar-refractivity contribution is 4.88. The van der Waals surface area contributed by atoms with Crippen LogP contribution in [0.3, 0.4) is 0 Å². The van der Waals surface area contributed by atoms with Gasteiger partial charge in [0.25, 0.3) is 0 Å². The molecule has 0 fully saturated rings. The van der Waals surface area contributed by atoms with Crippen molar-refractivity contribution in [3.8, 4) is 12.3 Å². The Morgan fingerprint density at radius 2 is 1.94 bits per heavy atom. The minimum absolute atomic E-state index is 0.378. The molecule has 0 aromatic carbocycles. The molecule has 0 aromatic heterocycles. The average molecular weight is 224 g/mol. The molecule has 0 spiro atoms. The van der Waals surface area contributed by atoms with Gasteiger partial charge in [-0.25, -0.2) is 0 Å². The Hall–Kier alpha value is -0.520. The van der Waals surface area contributed by atoms with Crippen LogP contribution in [0.5, 0.6) is 0 Å². The van der Waals surface area contributed by atoms with E-state index in [0.717, 1.165) is 32.6 Å². The maximum atomic E-state index is 5.60. The lowest BCUT2D eigenvalue weighted by Gasteiger charge is -2.26. The highest BCUT2D eigenvalue weighted by Crippen LogP contribution is 2.25. The summed E-state index contributed by atoms with van der Waals surface area (Å²) in [6.07, 6.45) is 10.1. The van der Waals surface area contributed by atoms with Crippen LogP contribution in [0.25, 0.3) is 0 Å². The summed E-state index contributed by atoms with van der Waals surface area (Å²) in [5, 5.41) is 0. The first-order valence-corrected chi connectivity index (χ1v) is 6.41. The lowest BCUT2D eigenvalue weighted by molar-refractivity contribution is 0.252. The van der Waals surface area contributed by atoms with Crippen LogP contribution in [0, 0.1) is 17.8 Å². The smallest absolute Gasteiger partial charge is 0.0598 e. The van der Waals surface area contributed by atoms with Crippen molar-refractivity contribution in [3.05, 3.63) is 0 Å². The van der Waals surface area contributed by atoms with Crippen molar-refractivity contribution >= 4 is 0 Å². The van der Waals surface area contributed by atoms with E-state index in [0.29, 0.717) is 5.41 Å². The van der Waals surface area contributed by atoms with E-state index >= 15 is 0 Å². The second-order valence-electron chi connectivity index (χ2n) is 5.29. The molecule has 16 heavy (non-hydrogen) atoms. The molecule has 94 valence electrons. The first-order valence-electron chi connectivity index (χ1n) is 6.41. The fourth-order valence-electron chi connectivity index (χ4n) is 2.01. The summed E-state index contributed by atoms with van der Waals surface area (Å²) in [7, 11) is 0. The Balaban J connectivity index is 3.80. The van der Waals surface area contributed by atoms with Gasteiger partial charge < -0.3 is 5.73 Å². The SMILES string of the molecule is C#CCN(CCC)CCCC(C)(C)CCN. The fraction of sp³-hybridized carbons (Fsp3) is 0.857. The third-order valence-electron chi connectivity index (χ3n) is 3.00. The van der Waals surface area contributed by atoms with Crippen LogP contribution < -0.4 is 5.73 Å². The molecule has 2 nitrogen and oxygen atoms in total. The van der Waals surface area contributed by atoms with E-state index in [2.05, 4.69) is 31.6 Å². The van der Waals surface area contributed by atoms with Gasteiger partial charge in [0.2, 0.25) is 0 Å². The quantitative estimate of drug-likeness (QED) is 0.610. The zero-order valence-electron chi connectivity index (χ0n) is 11.3. The summed E-state index contributed by atoms with van der Waals surface area (Å²) in [4.78, 5) is 2.36. The van der Waals surface area contributed by atoms with E-state index in [9.17, 15) is 0 Å². The lowest BCUT2D eigenvalue weighted by Crippen LogP contribution is -2.27. The van der Waals surface area contributed by atoms with Crippen LogP contribution in [0.1, 0.15) is 46.5 Å². The molecule has 0 aromatic rings. The van der Waals surface area contributed by atoms with Gasteiger partial charge >= 0.3 is 0 Å². The largest absolute Gasteiger partial charge is 0.330 e. The molecule has 0 atom stereocenters. The molecular weight excluding hydrogens is 196 g/mol. The number of nitrogens with zero attached hydrogens (tertiary/aromatic N) is 1. The second-order valence-corrected chi connectivity index (χ2v) is 5.29. The predicted molar refractivity (Wildman–Crippen MR) is 72.3 cm³/mol. The molecule has 0 bridgehead atoms. The van der Waals surface area contributed by atoms with E-state index in [-0.39, 0.29) is 0 Å². The number of hydrogen-bond donors (Lipinski definition) is 1. The van der Waals surface area contributed by atoms with Gasteiger partial charge in [0.05, 0.1) is 6.54 Å². The van der Waals surface area contributed by atoms with E-state index in [1.165, 1.54) is 19.3 Å². The number of terminal acetylenes is 1. The highest BCUT2D eigenvalue weighted by Gasteiger charge is 2.16. The number of nitrogens with two attached hydrogens (primary N) is 1. The van der Waals surface area contributed by atoms with Gasteiger partial charge in [-0.2, -0.15) is 0 Å². The summed E-state index contributed by atoms with van der Waals surface area (Å²) >= 11 is 0. The Morgan fingerprint density at radius 1 is 1.25 bits per heavy atom. The van der Waals surface area contributed by atoms with Gasteiger partial charge in [-0.15, -0.1) is 6.42 Å². The Labute approximate surface area is 102 Å². The van der Waals surface area contributed by atoms with E-state index < -0.39 is 0 Å². The molecule has 0 heterocycles. The first-order chi connectivity index (χ1) is 7.55. The van der Waals surface area contributed by atoms with Gasteiger partial charge in [0.1, 0.15) is 0 Å². The normalized spacial score (nSPS) is 11.8. The first kappa shape index (κ1) is 15.5. The van der Waals surface area contributed by atoms with Gasteiger partial charge in [0.15, 0.2) is 0 Å². The summed E-state index contributed by atoms with van der Waals surface area (Å²) in [6.45, 7) is 10.6. The van der Waals surface area contributed by atoms with Crippen LogP contribution in [-0.2, 0) is 0 Å². The van der Waals surface area contributed by atoms with E-state index in [1.54, 1.807) is 0 Å². The van der Waals surface area contributed by atoms with Gasteiger partial charge in [-0.05, 0) is 50.7 Å². The van der Waals surface area contributed by atoms with Crippen LogP contribution in [0.4, 0.5) is 0 Å². The summed E-state index contributed by atoms with van der Waals surface area (Å²) in [6, 6.07) is 0. The molecule has 0 rings (SSSR count). The average Bonchev–Trinajstić information content (AvgIpc) is 2.18. The van der Waals surface area contributed by atoms with Crippen molar-refractivity contribution in [2.45, 2.75) is 46.5 Å². The van der Waals surface area contributed by atoms with Crippen molar-refractivity contribution in [3.63, 3.8) is 0 Å². The molecule has 0 aliphatic rings. The maximum Gasteiger partial charge on any atom is 0.0598 e. The summed E-state index contributed by atoms with van der Waals surface area (Å²) in [5.74, 6) is 2.73. The molecule has 0 aliphatic carbocycles. The van der Waals surface area contributed by atoms with Crippen molar-refractivity contribution in [1.82, 2.24) is 4.90 Å². The van der Waals surface area contributed by atoms with E-state index in [4.69, 9.17) is 12.2 Å². The number of rotatable bonds is 9. The second kappa shape index (κ2) is 8.61. The van der Waals surface area contributed by atoms with Gasteiger partial charge in [0, 0.05) is 0 Å². The molecule has 0 aliphatic heterocycles. The Kier molecular flexibility index (Phi) is 8.33. The number of hydrogen-bond acceptors (Lipinski definition) is 2. The molecule has 0 saturated carbocycles. The molecule has 2 heteroatoms. The lowest BCUT2D eigenvalue weighted by atomic mass is 9.84. The predicted octanol–water partition coefficient (Wildman–Crippen LogP) is 2.49. The Bertz CT molecular complexity index is 203. The molecule has 0 unspecified atom stereocenters.